The third-order valence-electron chi connectivity index (χ3n) is 2.68. The highest BCUT2D eigenvalue weighted by Gasteiger charge is 2.28. The van der Waals surface area contributed by atoms with Crippen molar-refractivity contribution in [2.75, 3.05) is 13.2 Å². The zero-order valence-corrected chi connectivity index (χ0v) is 9.66. The maximum atomic E-state index is 11.6. The van der Waals surface area contributed by atoms with Gasteiger partial charge in [0.05, 0.1) is 24.8 Å². The Morgan fingerprint density at radius 3 is 2.27 bits per heavy atom. The average molecular weight is 218 g/mol. The first-order valence-corrected chi connectivity index (χ1v) is 5.19. The first kappa shape index (κ1) is 14.3. The highest BCUT2D eigenvalue weighted by Crippen LogP contribution is 2.08. The van der Waals surface area contributed by atoms with E-state index < -0.39 is 11.6 Å². The molecule has 0 saturated heterocycles. The van der Waals surface area contributed by atoms with Crippen LogP contribution in [0.1, 0.15) is 27.2 Å². The molecule has 15 heavy (non-hydrogen) atoms. The molecule has 1 amide bonds. The van der Waals surface area contributed by atoms with Gasteiger partial charge >= 0.3 is 0 Å². The average Bonchev–Trinajstić information content (AvgIpc) is 2.26. The first-order valence-electron chi connectivity index (χ1n) is 5.19. The molecule has 0 fully saturated rings. The van der Waals surface area contributed by atoms with Crippen LogP contribution in [0.15, 0.2) is 0 Å². The second-order valence-corrected chi connectivity index (χ2v) is 4.28. The normalized spacial score (nSPS) is 15.9. The van der Waals surface area contributed by atoms with E-state index in [9.17, 15) is 4.79 Å². The minimum Gasteiger partial charge on any atom is -0.394 e. The zero-order chi connectivity index (χ0) is 12.1. The van der Waals surface area contributed by atoms with E-state index in [1.807, 2.05) is 13.8 Å². The fraction of sp³-hybridized carbons (Fsp3) is 0.900. The van der Waals surface area contributed by atoms with E-state index in [-0.39, 0.29) is 25.0 Å². The van der Waals surface area contributed by atoms with Crippen molar-refractivity contribution in [2.45, 2.75) is 38.8 Å². The molecule has 0 radical (unpaired) electrons. The molecule has 2 atom stereocenters. The Kier molecular flexibility index (Phi) is 5.79. The molecule has 0 spiro atoms. The van der Waals surface area contributed by atoms with Crippen LogP contribution in [0.25, 0.3) is 0 Å². The molecule has 0 saturated carbocycles. The molecular weight excluding hydrogens is 196 g/mol. The summed E-state index contributed by atoms with van der Waals surface area (Å²) in [6.45, 7) is 4.77. The van der Waals surface area contributed by atoms with Gasteiger partial charge in [-0.3, -0.25) is 4.79 Å². The van der Waals surface area contributed by atoms with Crippen LogP contribution in [0, 0.1) is 5.92 Å². The molecule has 5 heteroatoms. The van der Waals surface area contributed by atoms with Gasteiger partial charge in [-0.15, -0.1) is 0 Å². The summed E-state index contributed by atoms with van der Waals surface area (Å²) in [7, 11) is 0. The molecule has 5 nitrogen and oxygen atoms in total. The van der Waals surface area contributed by atoms with Gasteiger partial charge < -0.3 is 21.3 Å². The molecule has 0 unspecified atom stereocenters. The van der Waals surface area contributed by atoms with E-state index in [4.69, 9.17) is 15.9 Å². The molecule has 0 aromatic heterocycles. The van der Waals surface area contributed by atoms with E-state index in [0.717, 1.165) is 6.42 Å². The maximum Gasteiger partial charge on any atom is 0.237 e. The Labute approximate surface area is 90.7 Å². The number of aliphatic hydroxyl groups is 2. The van der Waals surface area contributed by atoms with Crippen LogP contribution in [0.5, 0.6) is 0 Å². The van der Waals surface area contributed by atoms with Crippen molar-refractivity contribution >= 4 is 5.91 Å². The predicted molar refractivity (Wildman–Crippen MR) is 58.1 cm³/mol. The quantitative estimate of drug-likeness (QED) is 0.470. The summed E-state index contributed by atoms with van der Waals surface area (Å²) in [5, 5.41) is 20.5. The van der Waals surface area contributed by atoms with Crippen molar-refractivity contribution in [1.29, 1.82) is 0 Å². The van der Waals surface area contributed by atoms with E-state index >= 15 is 0 Å². The number of nitrogens with two attached hydrogens (primary N) is 1. The fourth-order valence-corrected chi connectivity index (χ4v) is 1.02. The molecule has 0 aliphatic heterocycles. The summed E-state index contributed by atoms with van der Waals surface area (Å²) in [5.41, 5.74) is 4.71. The molecule has 0 aromatic rings. The minimum absolute atomic E-state index is 0.0756. The van der Waals surface area contributed by atoms with Crippen molar-refractivity contribution in [3.05, 3.63) is 0 Å². The van der Waals surface area contributed by atoms with Crippen LogP contribution in [0.3, 0.4) is 0 Å². The van der Waals surface area contributed by atoms with E-state index in [2.05, 4.69) is 5.32 Å². The summed E-state index contributed by atoms with van der Waals surface area (Å²) in [6, 6.07) is -0.604. The number of aliphatic hydroxyl groups excluding tert-OH is 2. The second-order valence-electron chi connectivity index (χ2n) is 4.28. The maximum absolute atomic E-state index is 11.6. The van der Waals surface area contributed by atoms with Gasteiger partial charge in [0, 0.05) is 0 Å². The van der Waals surface area contributed by atoms with Crippen LogP contribution in [-0.2, 0) is 4.79 Å². The van der Waals surface area contributed by atoms with Gasteiger partial charge in [0.1, 0.15) is 0 Å². The SMILES string of the molecule is CC[C@H](C)[C@H](N)C(=O)NC(C)(CO)CO. The minimum atomic E-state index is -0.998. The molecule has 5 N–H and O–H groups in total. The Morgan fingerprint density at radius 2 is 1.93 bits per heavy atom. The predicted octanol–water partition coefficient (Wildman–Crippen LogP) is -0.781. The van der Waals surface area contributed by atoms with Crippen LogP contribution in [-0.4, -0.2) is 40.9 Å². The number of carbonyl (C=O) groups is 1. The fourth-order valence-electron chi connectivity index (χ4n) is 1.02. The van der Waals surface area contributed by atoms with Gasteiger partial charge in [-0.05, 0) is 12.8 Å². The molecule has 0 bridgehead atoms. The van der Waals surface area contributed by atoms with Gasteiger partial charge in [-0.2, -0.15) is 0 Å². The van der Waals surface area contributed by atoms with Crippen LogP contribution < -0.4 is 11.1 Å². The molecular formula is C10H22N2O3. The Bertz CT molecular complexity index is 205. The Balaban J connectivity index is 4.35. The highest BCUT2D eigenvalue weighted by molar-refractivity contribution is 5.82. The van der Waals surface area contributed by atoms with E-state index in [1.54, 1.807) is 6.92 Å². The van der Waals surface area contributed by atoms with Crippen LogP contribution in [0.4, 0.5) is 0 Å². The number of hydrogen-bond donors (Lipinski definition) is 4. The van der Waals surface area contributed by atoms with Crippen molar-refractivity contribution in [1.82, 2.24) is 5.32 Å². The van der Waals surface area contributed by atoms with Crippen molar-refractivity contribution in [3.63, 3.8) is 0 Å². The molecule has 0 aromatic carbocycles. The van der Waals surface area contributed by atoms with Gasteiger partial charge in [-0.25, -0.2) is 0 Å². The number of nitrogens with one attached hydrogen (secondary N) is 1. The monoisotopic (exact) mass is 218 g/mol. The van der Waals surface area contributed by atoms with Crippen LogP contribution in [0.2, 0.25) is 0 Å². The molecule has 0 aliphatic carbocycles. The smallest absolute Gasteiger partial charge is 0.237 e. The Hall–Kier alpha value is -0.650. The topological polar surface area (TPSA) is 95.6 Å². The summed E-state index contributed by atoms with van der Waals surface area (Å²) in [5.74, 6) is -0.262. The number of carbonyl (C=O) groups excluding carboxylic acids is 1. The van der Waals surface area contributed by atoms with Crippen molar-refractivity contribution < 1.29 is 15.0 Å². The standard InChI is InChI=1S/C10H22N2O3/c1-4-7(2)8(11)9(15)12-10(3,5-13)6-14/h7-8,13-14H,4-6,11H2,1-3H3,(H,12,15)/t7-,8-/m0/s1. The summed E-state index contributed by atoms with van der Waals surface area (Å²) >= 11 is 0. The van der Waals surface area contributed by atoms with Crippen LogP contribution >= 0.6 is 0 Å². The third kappa shape index (κ3) is 4.15. The van der Waals surface area contributed by atoms with Gasteiger partial charge in [0.2, 0.25) is 5.91 Å². The molecule has 0 aliphatic rings. The van der Waals surface area contributed by atoms with E-state index in [1.165, 1.54) is 0 Å². The lowest BCUT2D eigenvalue weighted by Crippen LogP contribution is -2.57. The Morgan fingerprint density at radius 1 is 1.47 bits per heavy atom. The van der Waals surface area contributed by atoms with E-state index in [0.29, 0.717) is 0 Å². The molecule has 90 valence electrons. The van der Waals surface area contributed by atoms with Crippen molar-refractivity contribution in [2.24, 2.45) is 11.7 Å². The number of amides is 1. The lowest BCUT2D eigenvalue weighted by molar-refractivity contribution is -0.126. The zero-order valence-electron chi connectivity index (χ0n) is 9.66. The lowest BCUT2D eigenvalue weighted by atomic mass is 9.97. The molecule has 0 heterocycles. The highest BCUT2D eigenvalue weighted by atomic mass is 16.3. The number of rotatable bonds is 6. The largest absolute Gasteiger partial charge is 0.394 e. The second kappa shape index (κ2) is 6.05. The summed E-state index contributed by atoms with van der Waals surface area (Å²) < 4.78 is 0. The summed E-state index contributed by atoms with van der Waals surface area (Å²) in [6.07, 6.45) is 0.809. The van der Waals surface area contributed by atoms with Crippen molar-refractivity contribution in [3.8, 4) is 0 Å². The van der Waals surface area contributed by atoms with Gasteiger partial charge in [0.25, 0.3) is 0 Å². The lowest BCUT2D eigenvalue weighted by Gasteiger charge is -2.29. The first-order chi connectivity index (χ1) is 6.90. The van der Waals surface area contributed by atoms with Gasteiger partial charge in [-0.1, -0.05) is 20.3 Å². The summed E-state index contributed by atoms with van der Waals surface area (Å²) in [4.78, 5) is 11.6. The number of hydrogen-bond acceptors (Lipinski definition) is 4. The van der Waals surface area contributed by atoms with Gasteiger partial charge in [0.15, 0.2) is 0 Å². The third-order valence-corrected chi connectivity index (χ3v) is 2.68. The molecule has 0 rings (SSSR count).